The van der Waals surface area contributed by atoms with Crippen LogP contribution in [0, 0.1) is 11.8 Å². The Morgan fingerprint density at radius 3 is 2.33 bits per heavy atom. The van der Waals surface area contributed by atoms with E-state index in [1.165, 1.54) is 0 Å². The molecule has 1 N–H and O–H groups in total. The molecule has 1 amide bonds. The summed E-state index contributed by atoms with van der Waals surface area (Å²) in [6, 6.07) is 22.7. The van der Waals surface area contributed by atoms with Gasteiger partial charge in [-0.15, -0.1) is 0 Å². The highest BCUT2D eigenvalue weighted by molar-refractivity contribution is 5.94. The van der Waals surface area contributed by atoms with Crippen molar-refractivity contribution in [3.05, 3.63) is 95.1 Å². The molecule has 4 heteroatoms. The van der Waals surface area contributed by atoms with Crippen LogP contribution in [0.3, 0.4) is 0 Å². The molecule has 0 saturated heterocycles. The lowest BCUT2D eigenvalue weighted by Gasteiger charge is -2.06. The van der Waals surface area contributed by atoms with Gasteiger partial charge in [0.25, 0.3) is 5.91 Å². The molecule has 0 saturated carbocycles. The minimum atomic E-state index is -0.129. The number of ether oxygens (including phenoxy) is 2. The van der Waals surface area contributed by atoms with Crippen molar-refractivity contribution in [1.29, 1.82) is 0 Å². The molecule has 1 heterocycles. The zero-order valence-electron chi connectivity index (χ0n) is 14.6. The molecule has 1 aliphatic heterocycles. The van der Waals surface area contributed by atoms with E-state index in [9.17, 15) is 4.79 Å². The zero-order chi connectivity index (χ0) is 18.5. The van der Waals surface area contributed by atoms with E-state index in [4.69, 9.17) is 9.47 Å². The van der Waals surface area contributed by atoms with Crippen LogP contribution in [0.5, 0.6) is 11.5 Å². The number of hydrogen-bond donors (Lipinski definition) is 1. The molecule has 4 rings (SSSR count). The highest BCUT2D eigenvalue weighted by Crippen LogP contribution is 2.32. The Balaban J connectivity index is 1.37. The van der Waals surface area contributed by atoms with Gasteiger partial charge in [0.2, 0.25) is 6.79 Å². The number of amides is 1. The van der Waals surface area contributed by atoms with Gasteiger partial charge in [-0.3, -0.25) is 4.79 Å². The number of rotatable bonds is 3. The predicted octanol–water partition coefficient (Wildman–Crippen LogP) is 3.75. The molecular weight excluding hydrogens is 338 g/mol. The Morgan fingerprint density at radius 2 is 1.56 bits per heavy atom. The first kappa shape index (κ1) is 16.7. The summed E-state index contributed by atoms with van der Waals surface area (Å²) in [5, 5.41) is 2.91. The van der Waals surface area contributed by atoms with E-state index in [1.807, 2.05) is 60.7 Å². The molecule has 0 radical (unpaired) electrons. The second-order valence-electron chi connectivity index (χ2n) is 6.06. The molecule has 3 aromatic rings. The van der Waals surface area contributed by atoms with Crippen molar-refractivity contribution in [1.82, 2.24) is 5.32 Å². The smallest absolute Gasteiger partial charge is 0.251 e. The van der Waals surface area contributed by atoms with Gasteiger partial charge in [0.05, 0.1) is 0 Å². The maximum atomic E-state index is 12.3. The van der Waals surface area contributed by atoms with Crippen LogP contribution in [0.2, 0.25) is 0 Å². The van der Waals surface area contributed by atoms with E-state index in [0.717, 1.165) is 22.4 Å². The Hall–Kier alpha value is -3.71. The van der Waals surface area contributed by atoms with Crippen molar-refractivity contribution in [2.24, 2.45) is 0 Å². The van der Waals surface area contributed by atoms with Crippen molar-refractivity contribution in [2.45, 2.75) is 6.54 Å². The third kappa shape index (κ3) is 4.10. The van der Waals surface area contributed by atoms with Crippen LogP contribution in [0.25, 0.3) is 0 Å². The summed E-state index contributed by atoms with van der Waals surface area (Å²) in [6.45, 7) is 0.662. The highest BCUT2D eigenvalue weighted by Gasteiger charge is 2.13. The quantitative estimate of drug-likeness (QED) is 0.728. The van der Waals surface area contributed by atoms with Crippen molar-refractivity contribution < 1.29 is 14.3 Å². The Labute approximate surface area is 157 Å². The lowest BCUT2D eigenvalue weighted by molar-refractivity contribution is 0.0951. The monoisotopic (exact) mass is 355 g/mol. The van der Waals surface area contributed by atoms with E-state index in [0.29, 0.717) is 17.9 Å². The fraction of sp³-hybridized carbons (Fsp3) is 0.0870. The van der Waals surface area contributed by atoms with Crippen LogP contribution in [-0.2, 0) is 6.54 Å². The molecule has 0 aliphatic carbocycles. The molecule has 4 nitrogen and oxygen atoms in total. The maximum absolute atomic E-state index is 12.3. The molecule has 3 aromatic carbocycles. The lowest BCUT2D eigenvalue weighted by atomic mass is 10.1. The standard InChI is InChI=1S/C23H17NO3/c25-23(24-15-19-10-13-21-22(14-19)27-16-26-21)20-11-8-18(9-12-20)7-6-17-4-2-1-3-5-17/h1-5,8-14H,15-16H2,(H,24,25). The first-order chi connectivity index (χ1) is 13.3. The normalized spacial score (nSPS) is 11.4. The van der Waals surface area contributed by atoms with Crippen LogP contribution in [0.1, 0.15) is 27.0 Å². The summed E-state index contributed by atoms with van der Waals surface area (Å²) in [6.07, 6.45) is 0. The molecule has 0 unspecified atom stereocenters. The number of fused-ring (bicyclic) bond motifs is 1. The number of nitrogens with one attached hydrogen (secondary N) is 1. The fourth-order valence-electron chi connectivity index (χ4n) is 2.71. The average molecular weight is 355 g/mol. The topological polar surface area (TPSA) is 47.6 Å². The average Bonchev–Trinajstić information content (AvgIpc) is 3.19. The third-order valence-electron chi connectivity index (χ3n) is 4.16. The molecule has 0 atom stereocenters. The molecule has 0 aromatic heterocycles. The van der Waals surface area contributed by atoms with Gasteiger partial charge in [0, 0.05) is 23.2 Å². The second-order valence-corrected chi connectivity index (χ2v) is 6.06. The lowest BCUT2D eigenvalue weighted by Crippen LogP contribution is -2.22. The predicted molar refractivity (Wildman–Crippen MR) is 103 cm³/mol. The summed E-state index contributed by atoms with van der Waals surface area (Å²) in [5.74, 6) is 7.52. The number of carbonyl (C=O) groups is 1. The van der Waals surface area contributed by atoms with E-state index in [-0.39, 0.29) is 12.7 Å². The second kappa shape index (κ2) is 7.67. The maximum Gasteiger partial charge on any atom is 0.251 e. The van der Waals surface area contributed by atoms with Crippen molar-refractivity contribution in [3.63, 3.8) is 0 Å². The molecular formula is C23H17NO3. The summed E-state index contributed by atoms with van der Waals surface area (Å²) in [4.78, 5) is 12.3. The van der Waals surface area contributed by atoms with Crippen LogP contribution in [0.15, 0.2) is 72.8 Å². The summed E-state index contributed by atoms with van der Waals surface area (Å²) in [5.41, 5.74) is 3.38. The molecule has 132 valence electrons. The Morgan fingerprint density at radius 1 is 0.852 bits per heavy atom. The summed E-state index contributed by atoms with van der Waals surface area (Å²) >= 11 is 0. The zero-order valence-corrected chi connectivity index (χ0v) is 14.6. The minimum Gasteiger partial charge on any atom is -0.454 e. The van der Waals surface area contributed by atoms with Crippen LogP contribution >= 0.6 is 0 Å². The van der Waals surface area contributed by atoms with Gasteiger partial charge in [-0.25, -0.2) is 0 Å². The summed E-state index contributed by atoms with van der Waals surface area (Å²) < 4.78 is 10.6. The van der Waals surface area contributed by atoms with Crippen molar-refractivity contribution in [2.75, 3.05) is 6.79 Å². The van der Waals surface area contributed by atoms with Crippen LogP contribution in [-0.4, -0.2) is 12.7 Å². The SMILES string of the molecule is O=C(NCc1ccc2c(c1)OCO2)c1ccc(C#Cc2ccccc2)cc1. The van der Waals surface area contributed by atoms with Gasteiger partial charge in [0.15, 0.2) is 11.5 Å². The first-order valence-corrected chi connectivity index (χ1v) is 8.62. The van der Waals surface area contributed by atoms with Gasteiger partial charge < -0.3 is 14.8 Å². The van der Waals surface area contributed by atoms with E-state index < -0.39 is 0 Å². The minimum absolute atomic E-state index is 0.129. The molecule has 0 bridgehead atoms. The highest BCUT2D eigenvalue weighted by atomic mass is 16.7. The van der Waals surface area contributed by atoms with E-state index in [2.05, 4.69) is 17.2 Å². The molecule has 1 aliphatic rings. The fourth-order valence-corrected chi connectivity index (χ4v) is 2.71. The molecule has 27 heavy (non-hydrogen) atoms. The van der Waals surface area contributed by atoms with Crippen molar-refractivity contribution in [3.8, 4) is 23.3 Å². The first-order valence-electron chi connectivity index (χ1n) is 8.62. The van der Waals surface area contributed by atoms with Gasteiger partial charge in [0.1, 0.15) is 0 Å². The van der Waals surface area contributed by atoms with Crippen LogP contribution in [0.4, 0.5) is 0 Å². The van der Waals surface area contributed by atoms with E-state index >= 15 is 0 Å². The Kier molecular flexibility index (Phi) is 4.76. The largest absolute Gasteiger partial charge is 0.454 e. The van der Waals surface area contributed by atoms with Gasteiger partial charge in [-0.2, -0.15) is 0 Å². The third-order valence-corrected chi connectivity index (χ3v) is 4.16. The van der Waals surface area contributed by atoms with Crippen LogP contribution < -0.4 is 14.8 Å². The number of benzene rings is 3. The van der Waals surface area contributed by atoms with Gasteiger partial charge in [-0.05, 0) is 54.1 Å². The molecule has 0 spiro atoms. The number of hydrogen-bond acceptors (Lipinski definition) is 3. The van der Waals surface area contributed by atoms with Crippen molar-refractivity contribution >= 4 is 5.91 Å². The molecule has 0 fully saturated rings. The van der Waals surface area contributed by atoms with Gasteiger partial charge >= 0.3 is 0 Å². The van der Waals surface area contributed by atoms with Gasteiger partial charge in [-0.1, -0.05) is 36.1 Å². The summed E-state index contributed by atoms with van der Waals surface area (Å²) in [7, 11) is 0. The van der Waals surface area contributed by atoms with E-state index in [1.54, 1.807) is 12.1 Å². The Bertz CT molecular complexity index is 1010. The number of carbonyl (C=O) groups excluding carboxylic acids is 1.